The number of hydrogen-bond donors (Lipinski definition) is 3. The molecule has 3 rings (SSSR count). The number of nitrogens with one attached hydrogen (secondary N) is 3. The predicted octanol–water partition coefficient (Wildman–Crippen LogP) is 2.86. The molecule has 1 saturated carbocycles. The van der Waals surface area contributed by atoms with E-state index in [0.29, 0.717) is 19.1 Å². The number of carbonyl (C=O) groups excluding carboxylic acids is 2. The topological polar surface area (TPSA) is 62.6 Å². The summed E-state index contributed by atoms with van der Waals surface area (Å²) in [4.78, 5) is 26.2. The molecule has 1 atom stereocenters. The van der Waals surface area contributed by atoms with Crippen molar-refractivity contribution in [3.8, 4) is 0 Å². The number of quaternary nitrogens is 1. The second-order valence-corrected chi connectivity index (χ2v) is 8.31. The Morgan fingerprint density at radius 1 is 1.00 bits per heavy atom. The number of hydrogen-bond acceptors (Lipinski definition) is 2. The summed E-state index contributed by atoms with van der Waals surface area (Å²) in [6.45, 7) is 2.97. The minimum atomic E-state index is -0.253. The highest BCUT2D eigenvalue weighted by molar-refractivity contribution is 5.95. The summed E-state index contributed by atoms with van der Waals surface area (Å²) < 4.78 is 13.3. The summed E-state index contributed by atoms with van der Waals surface area (Å²) in [7, 11) is 0. The standard InChI is InChI=1S/C25H32FN3O2/c1-2-20-8-6-7-11-23(20)28-24(30)16-27-25(31)18-29(22-9-4-3-5-10-22)17-19-12-14-21(26)15-13-19/h6-8,11-15,22H,2-5,9-10,16-18H2,1H3,(H,27,31)(H,28,30)/p+1. The molecule has 1 aliphatic rings. The van der Waals surface area contributed by atoms with Crippen molar-refractivity contribution in [1.82, 2.24) is 5.32 Å². The van der Waals surface area contributed by atoms with E-state index in [-0.39, 0.29) is 24.2 Å². The lowest BCUT2D eigenvalue weighted by Gasteiger charge is -2.31. The molecule has 5 nitrogen and oxygen atoms in total. The van der Waals surface area contributed by atoms with E-state index in [1.54, 1.807) is 12.1 Å². The van der Waals surface area contributed by atoms with Crippen LogP contribution >= 0.6 is 0 Å². The van der Waals surface area contributed by atoms with Gasteiger partial charge < -0.3 is 15.5 Å². The van der Waals surface area contributed by atoms with Crippen LogP contribution in [0.3, 0.4) is 0 Å². The van der Waals surface area contributed by atoms with E-state index >= 15 is 0 Å². The maximum absolute atomic E-state index is 13.3. The van der Waals surface area contributed by atoms with Crippen LogP contribution in [-0.2, 0) is 22.6 Å². The van der Waals surface area contributed by atoms with Crippen LogP contribution in [0.25, 0.3) is 0 Å². The molecule has 2 aromatic rings. The van der Waals surface area contributed by atoms with Crippen molar-refractivity contribution >= 4 is 17.5 Å². The molecule has 0 heterocycles. The van der Waals surface area contributed by atoms with Crippen LogP contribution in [0.2, 0.25) is 0 Å². The van der Waals surface area contributed by atoms with E-state index in [1.807, 2.05) is 31.2 Å². The zero-order chi connectivity index (χ0) is 22.1. The summed E-state index contributed by atoms with van der Waals surface area (Å²) in [6.07, 6.45) is 6.62. The number of benzene rings is 2. The molecule has 2 amide bonds. The molecule has 6 heteroatoms. The van der Waals surface area contributed by atoms with Gasteiger partial charge in [-0.25, -0.2) is 4.39 Å². The van der Waals surface area contributed by atoms with Crippen molar-refractivity contribution in [3.63, 3.8) is 0 Å². The molecule has 0 aromatic heterocycles. The van der Waals surface area contributed by atoms with Gasteiger partial charge in [0.05, 0.1) is 12.6 Å². The van der Waals surface area contributed by atoms with Gasteiger partial charge in [0.25, 0.3) is 5.91 Å². The molecular weight excluding hydrogens is 393 g/mol. The number of rotatable bonds is 9. The van der Waals surface area contributed by atoms with Gasteiger partial charge in [0.2, 0.25) is 5.91 Å². The summed E-state index contributed by atoms with van der Waals surface area (Å²) in [5.41, 5.74) is 2.87. The van der Waals surface area contributed by atoms with Gasteiger partial charge in [-0.3, -0.25) is 9.59 Å². The minimum absolute atomic E-state index is 0.0502. The van der Waals surface area contributed by atoms with E-state index in [4.69, 9.17) is 0 Å². The molecule has 3 N–H and O–H groups in total. The SMILES string of the molecule is CCc1ccccc1NC(=O)CNC(=O)C[NH+](Cc1ccc(F)cc1)C1CCCCC1. The van der Waals surface area contributed by atoms with Crippen molar-refractivity contribution in [2.75, 3.05) is 18.4 Å². The van der Waals surface area contributed by atoms with Crippen molar-refractivity contribution in [2.45, 2.75) is 58.0 Å². The lowest BCUT2D eigenvalue weighted by Crippen LogP contribution is -3.15. The minimum Gasteiger partial charge on any atom is -0.342 e. The average molecular weight is 427 g/mol. The Bertz CT molecular complexity index is 863. The lowest BCUT2D eigenvalue weighted by molar-refractivity contribution is -0.932. The highest BCUT2D eigenvalue weighted by Crippen LogP contribution is 2.16. The first kappa shape index (κ1) is 22.9. The number of anilines is 1. The lowest BCUT2D eigenvalue weighted by atomic mass is 9.93. The van der Waals surface area contributed by atoms with Gasteiger partial charge in [-0.05, 0) is 55.9 Å². The van der Waals surface area contributed by atoms with Gasteiger partial charge in [-0.2, -0.15) is 0 Å². The molecule has 0 bridgehead atoms. The number of amides is 2. The van der Waals surface area contributed by atoms with Crippen LogP contribution in [0.5, 0.6) is 0 Å². The highest BCUT2D eigenvalue weighted by Gasteiger charge is 2.27. The Kier molecular flexibility index (Phi) is 8.59. The number of carbonyl (C=O) groups is 2. The van der Waals surface area contributed by atoms with Gasteiger partial charge in [0.1, 0.15) is 12.4 Å². The quantitative estimate of drug-likeness (QED) is 0.577. The monoisotopic (exact) mass is 426 g/mol. The summed E-state index contributed by atoms with van der Waals surface area (Å²) in [5.74, 6) is -0.620. The normalized spacial score (nSPS) is 15.3. The van der Waals surface area contributed by atoms with Crippen LogP contribution in [0.1, 0.15) is 50.2 Å². The smallest absolute Gasteiger partial charge is 0.275 e. The fourth-order valence-corrected chi connectivity index (χ4v) is 4.32. The summed E-state index contributed by atoms with van der Waals surface area (Å²) >= 11 is 0. The molecule has 0 aliphatic heterocycles. The number of halogens is 1. The molecule has 1 unspecified atom stereocenters. The van der Waals surface area contributed by atoms with Gasteiger partial charge in [-0.15, -0.1) is 0 Å². The third-order valence-electron chi connectivity index (χ3n) is 6.03. The third kappa shape index (κ3) is 7.17. The zero-order valence-electron chi connectivity index (χ0n) is 18.3. The highest BCUT2D eigenvalue weighted by atomic mass is 19.1. The van der Waals surface area contributed by atoms with Crippen LogP contribution in [0.15, 0.2) is 48.5 Å². The third-order valence-corrected chi connectivity index (χ3v) is 6.03. The maximum atomic E-state index is 13.3. The Balaban J connectivity index is 1.55. The van der Waals surface area contributed by atoms with Crippen LogP contribution in [-0.4, -0.2) is 30.9 Å². The van der Waals surface area contributed by atoms with Crippen LogP contribution in [0, 0.1) is 5.82 Å². The second-order valence-electron chi connectivity index (χ2n) is 8.31. The Labute approximate surface area is 184 Å². The molecule has 1 aliphatic carbocycles. The number of para-hydroxylation sites is 1. The largest absolute Gasteiger partial charge is 0.342 e. The predicted molar refractivity (Wildman–Crippen MR) is 120 cm³/mol. The molecule has 0 spiro atoms. The van der Waals surface area contributed by atoms with Gasteiger partial charge >= 0.3 is 0 Å². The summed E-state index contributed by atoms with van der Waals surface area (Å²) in [5, 5.41) is 5.66. The maximum Gasteiger partial charge on any atom is 0.275 e. The van der Waals surface area contributed by atoms with Crippen molar-refractivity contribution in [3.05, 3.63) is 65.5 Å². The van der Waals surface area contributed by atoms with Crippen LogP contribution in [0.4, 0.5) is 10.1 Å². The Morgan fingerprint density at radius 3 is 2.42 bits per heavy atom. The van der Waals surface area contributed by atoms with Gasteiger partial charge in [0, 0.05) is 11.3 Å². The van der Waals surface area contributed by atoms with E-state index in [1.165, 1.54) is 36.3 Å². The van der Waals surface area contributed by atoms with Crippen LogP contribution < -0.4 is 15.5 Å². The van der Waals surface area contributed by atoms with Gasteiger partial charge in [-0.1, -0.05) is 43.7 Å². The Morgan fingerprint density at radius 2 is 1.71 bits per heavy atom. The fraction of sp³-hybridized carbons (Fsp3) is 0.440. The van der Waals surface area contributed by atoms with E-state index in [9.17, 15) is 14.0 Å². The first-order valence-corrected chi connectivity index (χ1v) is 11.3. The molecular formula is C25H33FN3O2+. The average Bonchev–Trinajstić information content (AvgIpc) is 2.79. The van der Waals surface area contributed by atoms with E-state index < -0.39 is 0 Å². The van der Waals surface area contributed by atoms with Crippen molar-refractivity contribution in [2.24, 2.45) is 0 Å². The molecule has 166 valence electrons. The molecule has 0 radical (unpaired) electrons. The zero-order valence-corrected chi connectivity index (χ0v) is 18.3. The molecule has 1 fully saturated rings. The number of aryl methyl sites for hydroxylation is 1. The summed E-state index contributed by atoms with van der Waals surface area (Å²) in [6, 6.07) is 14.6. The second kappa shape index (κ2) is 11.6. The van der Waals surface area contributed by atoms with E-state index in [0.717, 1.165) is 36.1 Å². The molecule has 0 saturated heterocycles. The van der Waals surface area contributed by atoms with E-state index in [2.05, 4.69) is 10.6 Å². The molecule has 2 aromatic carbocycles. The van der Waals surface area contributed by atoms with Crippen molar-refractivity contribution in [1.29, 1.82) is 0 Å². The molecule has 31 heavy (non-hydrogen) atoms. The van der Waals surface area contributed by atoms with Crippen molar-refractivity contribution < 1.29 is 18.9 Å². The fourth-order valence-electron chi connectivity index (χ4n) is 4.32. The van der Waals surface area contributed by atoms with Gasteiger partial charge in [0.15, 0.2) is 6.54 Å². The first-order valence-electron chi connectivity index (χ1n) is 11.3. The Hall–Kier alpha value is -2.73. The first-order chi connectivity index (χ1) is 15.0.